The second-order valence-electron chi connectivity index (χ2n) is 6.40. The van der Waals surface area contributed by atoms with Crippen molar-refractivity contribution in [3.05, 3.63) is 35.1 Å². The Labute approximate surface area is 124 Å². The van der Waals surface area contributed by atoms with E-state index < -0.39 is 0 Å². The Hall–Kier alpha value is -1.62. The predicted octanol–water partition coefficient (Wildman–Crippen LogP) is 2.45. The fourth-order valence-corrected chi connectivity index (χ4v) is 3.99. The van der Waals surface area contributed by atoms with Crippen LogP contribution in [0, 0.1) is 23.6 Å². The number of fused-ring (bicyclic) bond motifs is 2. The van der Waals surface area contributed by atoms with E-state index in [0.29, 0.717) is 12.1 Å². The summed E-state index contributed by atoms with van der Waals surface area (Å²) in [5.74, 6) is 2.19. The summed E-state index contributed by atoms with van der Waals surface area (Å²) >= 11 is 0. The zero-order valence-corrected chi connectivity index (χ0v) is 12.1. The van der Waals surface area contributed by atoms with Crippen LogP contribution in [0.15, 0.2) is 23.4 Å². The third-order valence-electron chi connectivity index (χ3n) is 4.98. The number of nitrogens with two attached hydrogens (primary N) is 1. The third kappa shape index (κ3) is 3.18. The molecule has 3 unspecified atom stereocenters. The smallest absolute Gasteiger partial charge is 0.170 e. The number of halogens is 1. The molecule has 0 heterocycles. The van der Waals surface area contributed by atoms with Gasteiger partial charge < -0.3 is 16.3 Å². The number of nitrogens with zero attached hydrogens (tertiary/aromatic N) is 1. The van der Waals surface area contributed by atoms with Gasteiger partial charge in [0.1, 0.15) is 5.82 Å². The van der Waals surface area contributed by atoms with Crippen molar-refractivity contribution in [2.75, 3.05) is 6.54 Å². The Balaban J connectivity index is 1.56. The van der Waals surface area contributed by atoms with E-state index in [0.717, 1.165) is 29.9 Å². The minimum Gasteiger partial charge on any atom is -0.409 e. The average molecular weight is 291 g/mol. The van der Waals surface area contributed by atoms with Crippen LogP contribution in [0.5, 0.6) is 0 Å². The van der Waals surface area contributed by atoms with Crippen LogP contribution in [0.4, 0.5) is 4.39 Å². The van der Waals surface area contributed by atoms with Gasteiger partial charge in [0, 0.05) is 12.1 Å². The van der Waals surface area contributed by atoms with Crippen LogP contribution in [-0.2, 0) is 6.54 Å². The molecule has 1 aromatic rings. The van der Waals surface area contributed by atoms with Crippen molar-refractivity contribution in [3.8, 4) is 0 Å². The predicted molar refractivity (Wildman–Crippen MR) is 79.6 cm³/mol. The van der Waals surface area contributed by atoms with Gasteiger partial charge in [0.25, 0.3) is 0 Å². The zero-order valence-electron chi connectivity index (χ0n) is 12.1. The Bertz CT molecular complexity index is 546. The Morgan fingerprint density at radius 2 is 2.19 bits per heavy atom. The van der Waals surface area contributed by atoms with Gasteiger partial charge in [0.15, 0.2) is 5.84 Å². The maximum Gasteiger partial charge on any atom is 0.170 e. The molecule has 2 aliphatic rings. The highest BCUT2D eigenvalue weighted by Crippen LogP contribution is 2.47. The van der Waals surface area contributed by atoms with Crippen LogP contribution < -0.4 is 11.1 Å². The van der Waals surface area contributed by atoms with Gasteiger partial charge in [-0.3, -0.25) is 0 Å². The van der Waals surface area contributed by atoms with Gasteiger partial charge in [-0.05, 0) is 67.3 Å². The summed E-state index contributed by atoms with van der Waals surface area (Å²) in [6, 6.07) is 4.52. The monoisotopic (exact) mass is 291 g/mol. The first-order chi connectivity index (χ1) is 10.2. The molecule has 3 atom stereocenters. The third-order valence-corrected chi connectivity index (χ3v) is 4.98. The summed E-state index contributed by atoms with van der Waals surface area (Å²) in [5.41, 5.74) is 6.74. The number of rotatable bonds is 5. The van der Waals surface area contributed by atoms with Gasteiger partial charge in [0.05, 0.1) is 0 Å². The topological polar surface area (TPSA) is 70.6 Å². The van der Waals surface area contributed by atoms with Gasteiger partial charge in [-0.25, -0.2) is 4.39 Å². The van der Waals surface area contributed by atoms with Gasteiger partial charge in [-0.15, -0.1) is 0 Å². The molecule has 0 amide bonds. The van der Waals surface area contributed by atoms with Gasteiger partial charge in [0.2, 0.25) is 0 Å². The van der Waals surface area contributed by atoms with Crippen molar-refractivity contribution >= 4 is 5.84 Å². The highest BCUT2D eigenvalue weighted by atomic mass is 19.1. The number of benzene rings is 1. The summed E-state index contributed by atoms with van der Waals surface area (Å²) in [7, 11) is 0. The summed E-state index contributed by atoms with van der Waals surface area (Å²) in [5, 5.41) is 15.0. The van der Waals surface area contributed by atoms with E-state index in [1.54, 1.807) is 6.07 Å². The standard InChI is InChI=1S/C16H22FN3O/c17-15-6-11(5-13(7-15)16(18)20-21)8-19-9-14-4-10-1-2-12(14)3-10/h5-7,10,12,14,19,21H,1-4,8-9H2,(H2,18,20). The molecule has 2 fully saturated rings. The number of hydrogen-bond donors (Lipinski definition) is 3. The molecule has 21 heavy (non-hydrogen) atoms. The molecule has 2 saturated carbocycles. The minimum absolute atomic E-state index is 0.0659. The van der Waals surface area contributed by atoms with E-state index in [1.165, 1.54) is 37.8 Å². The van der Waals surface area contributed by atoms with Gasteiger partial charge in [-0.1, -0.05) is 11.6 Å². The lowest BCUT2D eigenvalue weighted by molar-refractivity contribution is 0.318. The van der Waals surface area contributed by atoms with Crippen LogP contribution in [0.1, 0.15) is 36.8 Å². The molecule has 2 bridgehead atoms. The maximum atomic E-state index is 13.6. The van der Waals surface area contributed by atoms with Crippen molar-refractivity contribution in [1.82, 2.24) is 5.32 Å². The molecule has 2 aliphatic carbocycles. The molecule has 0 aromatic heterocycles. The lowest BCUT2D eigenvalue weighted by Crippen LogP contribution is -2.26. The molecule has 0 saturated heterocycles. The van der Waals surface area contributed by atoms with Gasteiger partial charge >= 0.3 is 0 Å². The fraction of sp³-hybridized carbons (Fsp3) is 0.562. The molecule has 4 nitrogen and oxygen atoms in total. The van der Waals surface area contributed by atoms with E-state index in [2.05, 4.69) is 10.5 Å². The molecule has 0 radical (unpaired) electrons. The Kier molecular flexibility index (Phi) is 4.10. The largest absolute Gasteiger partial charge is 0.409 e. The second kappa shape index (κ2) is 6.02. The number of oxime groups is 1. The normalized spacial score (nSPS) is 28.2. The Morgan fingerprint density at radius 3 is 2.86 bits per heavy atom. The molecular weight excluding hydrogens is 269 g/mol. The van der Waals surface area contributed by atoms with Crippen LogP contribution in [0.3, 0.4) is 0 Å². The SMILES string of the molecule is N/C(=N/O)c1cc(F)cc(CNCC2CC3CCC2C3)c1. The van der Waals surface area contributed by atoms with E-state index in [-0.39, 0.29) is 11.7 Å². The summed E-state index contributed by atoms with van der Waals surface area (Å²) in [6.45, 7) is 1.61. The lowest BCUT2D eigenvalue weighted by atomic mass is 9.89. The van der Waals surface area contributed by atoms with Crippen LogP contribution in [0.2, 0.25) is 0 Å². The number of amidine groups is 1. The average Bonchev–Trinajstić information content (AvgIpc) is 3.08. The second-order valence-corrected chi connectivity index (χ2v) is 6.40. The van der Waals surface area contributed by atoms with E-state index in [9.17, 15) is 4.39 Å². The van der Waals surface area contributed by atoms with E-state index >= 15 is 0 Å². The molecule has 1 aromatic carbocycles. The summed E-state index contributed by atoms with van der Waals surface area (Å²) in [6.07, 6.45) is 5.54. The van der Waals surface area contributed by atoms with Crippen molar-refractivity contribution in [2.45, 2.75) is 32.2 Å². The first-order valence-corrected chi connectivity index (χ1v) is 7.64. The van der Waals surface area contributed by atoms with Crippen LogP contribution >= 0.6 is 0 Å². The highest BCUT2D eigenvalue weighted by Gasteiger charge is 2.38. The summed E-state index contributed by atoms with van der Waals surface area (Å²) in [4.78, 5) is 0. The molecular formula is C16H22FN3O. The summed E-state index contributed by atoms with van der Waals surface area (Å²) < 4.78 is 13.6. The molecule has 114 valence electrons. The lowest BCUT2D eigenvalue weighted by Gasteiger charge is -2.22. The maximum absolute atomic E-state index is 13.6. The molecule has 3 rings (SSSR count). The molecule has 0 spiro atoms. The van der Waals surface area contributed by atoms with E-state index in [1.807, 2.05) is 0 Å². The van der Waals surface area contributed by atoms with Crippen molar-refractivity contribution in [2.24, 2.45) is 28.6 Å². The quantitative estimate of drug-likeness (QED) is 0.338. The zero-order chi connectivity index (χ0) is 14.8. The van der Waals surface area contributed by atoms with Crippen molar-refractivity contribution in [3.63, 3.8) is 0 Å². The van der Waals surface area contributed by atoms with Gasteiger partial charge in [-0.2, -0.15) is 0 Å². The minimum atomic E-state index is -0.365. The molecule has 5 heteroatoms. The first kappa shape index (κ1) is 14.3. The fourth-order valence-electron chi connectivity index (χ4n) is 3.99. The van der Waals surface area contributed by atoms with Crippen LogP contribution in [0.25, 0.3) is 0 Å². The highest BCUT2D eigenvalue weighted by molar-refractivity contribution is 5.97. The van der Waals surface area contributed by atoms with Crippen molar-refractivity contribution < 1.29 is 9.60 Å². The molecule has 0 aliphatic heterocycles. The first-order valence-electron chi connectivity index (χ1n) is 7.64. The Morgan fingerprint density at radius 1 is 1.33 bits per heavy atom. The van der Waals surface area contributed by atoms with E-state index in [4.69, 9.17) is 10.9 Å². The molecule has 4 N–H and O–H groups in total. The van der Waals surface area contributed by atoms with Crippen molar-refractivity contribution in [1.29, 1.82) is 0 Å². The number of nitrogens with one attached hydrogen (secondary N) is 1. The van der Waals surface area contributed by atoms with Crippen LogP contribution in [-0.4, -0.2) is 17.6 Å². The number of hydrogen-bond acceptors (Lipinski definition) is 3.